The zero-order chi connectivity index (χ0) is 15.8. The standard InChI is InChI=1S/C14H18N4O3.ClH/c1-8-4-5-9(15)6-10(8)16-11(19)7-18-13(21)17-12(20)14(18,2)3;/h4-6H,7,15H2,1-3H3,(H,16,19)(H,17,20,21);1H. The third-order valence-corrected chi connectivity index (χ3v) is 3.53. The van der Waals surface area contributed by atoms with E-state index in [1.165, 1.54) is 4.90 Å². The zero-order valence-electron chi connectivity index (χ0n) is 12.6. The number of urea groups is 1. The van der Waals surface area contributed by atoms with Crippen molar-refractivity contribution >= 4 is 41.6 Å². The second-order valence-corrected chi connectivity index (χ2v) is 5.53. The number of nitrogens with zero attached hydrogens (tertiary/aromatic N) is 1. The molecule has 0 aromatic heterocycles. The number of carbonyl (C=O) groups excluding carboxylic acids is 3. The third-order valence-electron chi connectivity index (χ3n) is 3.53. The van der Waals surface area contributed by atoms with Gasteiger partial charge in [-0.25, -0.2) is 4.79 Å². The minimum Gasteiger partial charge on any atom is -0.399 e. The maximum atomic E-state index is 12.1. The number of imide groups is 1. The van der Waals surface area contributed by atoms with Crippen molar-refractivity contribution in [2.45, 2.75) is 26.3 Å². The molecule has 1 heterocycles. The number of hydrogen-bond donors (Lipinski definition) is 3. The summed E-state index contributed by atoms with van der Waals surface area (Å²) in [6.45, 7) is 4.81. The second kappa shape index (κ2) is 6.23. The van der Waals surface area contributed by atoms with Crippen molar-refractivity contribution in [1.29, 1.82) is 0 Å². The highest BCUT2D eigenvalue weighted by atomic mass is 35.5. The summed E-state index contributed by atoms with van der Waals surface area (Å²) in [7, 11) is 0. The Morgan fingerprint density at radius 3 is 2.55 bits per heavy atom. The van der Waals surface area contributed by atoms with Gasteiger partial charge in [-0.15, -0.1) is 12.4 Å². The smallest absolute Gasteiger partial charge is 0.325 e. The molecule has 4 N–H and O–H groups in total. The lowest BCUT2D eigenvalue weighted by Gasteiger charge is -2.27. The number of nitrogens with one attached hydrogen (secondary N) is 2. The van der Waals surface area contributed by atoms with Gasteiger partial charge in [0.2, 0.25) is 5.91 Å². The Labute approximate surface area is 134 Å². The van der Waals surface area contributed by atoms with Gasteiger partial charge in [0, 0.05) is 11.4 Å². The molecule has 0 radical (unpaired) electrons. The molecule has 0 atom stereocenters. The maximum Gasteiger partial charge on any atom is 0.325 e. The van der Waals surface area contributed by atoms with Crippen LogP contribution in [0.3, 0.4) is 0 Å². The van der Waals surface area contributed by atoms with Gasteiger partial charge in [0.15, 0.2) is 0 Å². The van der Waals surface area contributed by atoms with E-state index < -0.39 is 17.5 Å². The van der Waals surface area contributed by atoms with Crippen LogP contribution in [0.15, 0.2) is 18.2 Å². The molecule has 1 fully saturated rings. The Morgan fingerprint density at radius 1 is 1.36 bits per heavy atom. The average Bonchev–Trinajstić information content (AvgIpc) is 2.57. The lowest BCUT2D eigenvalue weighted by molar-refractivity contribution is -0.126. The highest BCUT2D eigenvalue weighted by Crippen LogP contribution is 2.22. The van der Waals surface area contributed by atoms with E-state index in [4.69, 9.17) is 5.73 Å². The Hall–Kier alpha value is -2.28. The lowest BCUT2D eigenvalue weighted by atomic mass is 10.0. The van der Waals surface area contributed by atoms with E-state index >= 15 is 0 Å². The Balaban J connectivity index is 0.00000242. The molecule has 120 valence electrons. The van der Waals surface area contributed by atoms with E-state index in [1.54, 1.807) is 32.0 Å². The van der Waals surface area contributed by atoms with Crippen molar-refractivity contribution in [3.63, 3.8) is 0 Å². The van der Waals surface area contributed by atoms with E-state index in [9.17, 15) is 14.4 Å². The first-order valence-electron chi connectivity index (χ1n) is 6.51. The van der Waals surface area contributed by atoms with Crippen molar-refractivity contribution < 1.29 is 14.4 Å². The summed E-state index contributed by atoms with van der Waals surface area (Å²) in [5, 5.41) is 4.89. The van der Waals surface area contributed by atoms with Crippen LogP contribution in [0.1, 0.15) is 19.4 Å². The first-order chi connectivity index (χ1) is 9.71. The number of hydrogen-bond acceptors (Lipinski definition) is 4. The SMILES string of the molecule is Cc1ccc(N)cc1NC(=O)CN1C(=O)NC(=O)C1(C)C.Cl. The Morgan fingerprint density at radius 2 is 2.00 bits per heavy atom. The number of carbonyl (C=O) groups is 3. The summed E-state index contributed by atoms with van der Waals surface area (Å²) in [5.74, 6) is -0.804. The molecule has 1 aliphatic heterocycles. The number of anilines is 2. The molecule has 22 heavy (non-hydrogen) atoms. The summed E-state index contributed by atoms with van der Waals surface area (Å²) in [5.41, 5.74) is 6.62. The van der Waals surface area contributed by atoms with Gasteiger partial charge in [-0.2, -0.15) is 0 Å². The zero-order valence-corrected chi connectivity index (χ0v) is 13.4. The highest BCUT2D eigenvalue weighted by molar-refractivity contribution is 6.08. The van der Waals surface area contributed by atoms with Gasteiger partial charge in [-0.05, 0) is 38.5 Å². The van der Waals surface area contributed by atoms with E-state index in [-0.39, 0.29) is 24.9 Å². The fourth-order valence-electron chi connectivity index (χ4n) is 2.07. The molecule has 0 aliphatic carbocycles. The quantitative estimate of drug-likeness (QED) is 0.574. The fourth-order valence-corrected chi connectivity index (χ4v) is 2.07. The number of rotatable bonds is 3. The van der Waals surface area contributed by atoms with Crippen LogP contribution in [0.5, 0.6) is 0 Å². The molecule has 2 rings (SSSR count). The maximum absolute atomic E-state index is 12.1. The van der Waals surface area contributed by atoms with E-state index in [0.717, 1.165) is 5.56 Å². The molecule has 0 unspecified atom stereocenters. The first kappa shape index (κ1) is 17.8. The summed E-state index contributed by atoms with van der Waals surface area (Å²) < 4.78 is 0. The second-order valence-electron chi connectivity index (χ2n) is 5.53. The number of amides is 4. The van der Waals surface area contributed by atoms with Crippen LogP contribution in [-0.4, -0.2) is 34.8 Å². The van der Waals surface area contributed by atoms with Gasteiger partial charge in [-0.1, -0.05) is 6.07 Å². The Bertz CT molecular complexity index is 631. The molecule has 8 heteroatoms. The van der Waals surface area contributed by atoms with Crippen molar-refractivity contribution in [3.05, 3.63) is 23.8 Å². The largest absolute Gasteiger partial charge is 0.399 e. The summed E-state index contributed by atoms with van der Waals surface area (Å²) in [6, 6.07) is 4.61. The van der Waals surface area contributed by atoms with Crippen molar-refractivity contribution in [2.75, 3.05) is 17.6 Å². The van der Waals surface area contributed by atoms with Crippen LogP contribution in [0, 0.1) is 6.92 Å². The molecule has 4 amide bonds. The average molecular weight is 327 g/mol. The molecule has 1 saturated heterocycles. The predicted molar refractivity (Wildman–Crippen MR) is 85.8 cm³/mol. The topological polar surface area (TPSA) is 105 Å². The summed E-state index contributed by atoms with van der Waals surface area (Å²) in [6.07, 6.45) is 0. The van der Waals surface area contributed by atoms with Crippen LogP contribution in [0.2, 0.25) is 0 Å². The molecule has 1 aromatic rings. The number of halogens is 1. The number of nitrogen functional groups attached to an aromatic ring is 1. The number of benzene rings is 1. The fraction of sp³-hybridized carbons (Fsp3) is 0.357. The number of nitrogens with two attached hydrogens (primary N) is 1. The van der Waals surface area contributed by atoms with Crippen LogP contribution in [0.25, 0.3) is 0 Å². The van der Waals surface area contributed by atoms with E-state index in [0.29, 0.717) is 11.4 Å². The molecule has 1 aromatic carbocycles. The van der Waals surface area contributed by atoms with Crippen molar-refractivity contribution in [1.82, 2.24) is 10.2 Å². The van der Waals surface area contributed by atoms with Gasteiger partial charge in [0.05, 0.1) is 0 Å². The molecular formula is C14H19ClN4O3. The molecule has 0 spiro atoms. The monoisotopic (exact) mass is 326 g/mol. The summed E-state index contributed by atoms with van der Waals surface area (Å²) in [4.78, 5) is 36.6. The summed E-state index contributed by atoms with van der Waals surface area (Å²) >= 11 is 0. The lowest BCUT2D eigenvalue weighted by Crippen LogP contribution is -2.47. The van der Waals surface area contributed by atoms with E-state index in [1.807, 2.05) is 6.92 Å². The highest BCUT2D eigenvalue weighted by Gasteiger charge is 2.46. The van der Waals surface area contributed by atoms with Crippen LogP contribution < -0.4 is 16.4 Å². The van der Waals surface area contributed by atoms with Crippen LogP contribution in [0.4, 0.5) is 16.2 Å². The minimum absolute atomic E-state index is 0. The van der Waals surface area contributed by atoms with Gasteiger partial charge >= 0.3 is 6.03 Å². The molecule has 0 bridgehead atoms. The van der Waals surface area contributed by atoms with Crippen LogP contribution in [-0.2, 0) is 9.59 Å². The van der Waals surface area contributed by atoms with Crippen molar-refractivity contribution in [2.24, 2.45) is 0 Å². The first-order valence-corrected chi connectivity index (χ1v) is 6.51. The molecule has 7 nitrogen and oxygen atoms in total. The normalized spacial score (nSPS) is 16.0. The van der Waals surface area contributed by atoms with Crippen LogP contribution >= 0.6 is 12.4 Å². The minimum atomic E-state index is -1.04. The molecule has 0 saturated carbocycles. The third kappa shape index (κ3) is 3.30. The van der Waals surface area contributed by atoms with Gasteiger partial charge in [-0.3, -0.25) is 14.9 Å². The molecule has 1 aliphatic rings. The van der Waals surface area contributed by atoms with E-state index in [2.05, 4.69) is 10.6 Å². The Kier molecular flexibility index (Phi) is 5.03. The predicted octanol–water partition coefficient (Wildman–Crippen LogP) is 1.27. The molecular weight excluding hydrogens is 308 g/mol. The van der Waals surface area contributed by atoms with Gasteiger partial charge in [0.25, 0.3) is 5.91 Å². The number of aryl methyl sites for hydroxylation is 1. The van der Waals surface area contributed by atoms with Gasteiger partial charge < -0.3 is 16.0 Å². The van der Waals surface area contributed by atoms with Gasteiger partial charge in [0.1, 0.15) is 12.1 Å². The van der Waals surface area contributed by atoms with Crippen molar-refractivity contribution in [3.8, 4) is 0 Å².